The van der Waals surface area contributed by atoms with Gasteiger partial charge in [-0.2, -0.15) is 0 Å². The average Bonchev–Trinajstić information content (AvgIpc) is 3.20. The number of halogens is 1. The molecule has 5 rings (SSSR count). The Kier molecular flexibility index (Phi) is 6.72. The molecule has 2 unspecified atom stereocenters. The molecule has 182 valence electrons. The number of benzene rings is 1. The van der Waals surface area contributed by atoms with Gasteiger partial charge in [0.2, 0.25) is 0 Å². The van der Waals surface area contributed by atoms with Crippen molar-refractivity contribution in [1.29, 1.82) is 0 Å². The van der Waals surface area contributed by atoms with Crippen LogP contribution in [-0.4, -0.2) is 43.2 Å². The van der Waals surface area contributed by atoms with E-state index in [0.29, 0.717) is 40.2 Å². The third-order valence-corrected chi connectivity index (χ3v) is 6.54. The van der Waals surface area contributed by atoms with Crippen molar-refractivity contribution < 1.29 is 9.13 Å². The van der Waals surface area contributed by atoms with E-state index in [9.17, 15) is 0 Å². The summed E-state index contributed by atoms with van der Waals surface area (Å²) in [5.74, 6) is 1.61. The highest BCUT2D eigenvalue weighted by Gasteiger charge is 2.23. The number of hydrogen-bond donors (Lipinski definition) is 1. The summed E-state index contributed by atoms with van der Waals surface area (Å²) in [5, 5.41) is 3.54. The zero-order chi connectivity index (χ0) is 24.4. The summed E-state index contributed by atoms with van der Waals surface area (Å²) in [5.41, 5.74) is 3.58. The third-order valence-electron chi connectivity index (χ3n) is 6.54. The summed E-state index contributed by atoms with van der Waals surface area (Å²) >= 11 is 0. The lowest BCUT2D eigenvalue weighted by Gasteiger charge is -2.30. The Labute approximate surface area is 204 Å². The summed E-state index contributed by atoms with van der Waals surface area (Å²) in [4.78, 5) is 18.1. The second-order valence-corrected chi connectivity index (χ2v) is 9.25. The van der Waals surface area contributed by atoms with Crippen molar-refractivity contribution in [3.8, 4) is 17.1 Å². The Morgan fingerprint density at radius 2 is 2.06 bits per heavy atom. The summed E-state index contributed by atoms with van der Waals surface area (Å²) in [6, 6.07) is 9.44. The summed E-state index contributed by atoms with van der Waals surface area (Å²) < 4.78 is 23.4. The number of rotatable bonds is 7. The van der Waals surface area contributed by atoms with Crippen molar-refractivity contribution in [1.82, 2.24) is 29.8 Å². The second-order valence-electron chi connectivity index (χ2n) is 9.25. The Morgan fingerprint density at radius 3 is 2.83 bits per heavy atom. The molecule has 1 fully saturated rings. The van der Waals surface area contributed by atoms with Gasteiger partial charge in [0, 0.05) is 35.6 Å². The van der Waals surface area contributed by atoms with Crippen molar-refractivity contribution in [3.63, 3.8) is 0 Å². The molecular formula is C27H31FN6O. The van der Waals surface area contributed by atoms with Gasteiger partial charge < -0.3 is 14.6 Å². The average molecular weight is 475 g/mol. The maximum Gasteiger partial charge on any atom is 0.164 e. The number of nitrogens with zero attached hydrogens (tertiary/aromatic N) is 5. The molecule has 8 heteroatoms. The lowest BCUT2D eigenvalue weighted by Crippen LogP contribution is -2.42. The van der Waals surface area contributed by atoms with Crippen LogP contribution in [0.2, 0.25) is 0 Å². The third kappa shape index (κ3) is 5.03. The van der Waals surface area contributed by atoms with E-state index < -0.39 is 0 Å². The zero-order valence-electron chi connectivity index (χ0n) is 20.5. The van der Waals surface area contributed by atoms with E-state index in [1.807, 2.05) is 36.6 Å². The Morgan fingerprint density at radius 1 is 1.17 bits per heavy atom. The van der Waals surface area contributed by atoms with Gasteiger partial charge in [0.05, 0.1) is 12.2 Å². The molecule has 3 aromatic heterocycles. The normalized spacial score (nSPS) is 18.2. The standard InChI is InChI=1S/C27H31FN6O/c1-4-6-21-13-23(10-12-30-21)35-22-9-8-20(24(28)14-22)16-34-26(19-7-5-11-29-15-19)33-25-17(2)31-18(3)32-27(25)34/h5,7-9,11,14-15,21,23,30H,4,6,10,12-13,16H2,1-3H3. The number of piperidine rings is 1. The first kappa shape index (κ1) is 23.4. The van der Waals surface area contributed by atoms with E-state index in [1.165, 1.54) is 6.07 Å². The molecule has 1 N–H and O–H groups in total. The first-order valence-corrected chi connectivity index (χ1v) is 12.3. The summed E-state index contributed by atoms with van der Waals surface area (Å²) in [6.07, 6.45) is 7.73. The topological polar surface area (TPSA) is 77.8 Å². The number of hydrogen-bond acceptors (Lipinski definition) is 6. The molecule has 0 bridgehead atoms. The van der Waals surface area contributed by atoms with Crippen LogP contribution in [0.4, 0.5) is 4.39 Å². The van der Waals surface area contributed by atoms with Crippen LogP contribution >= 0.6 is 0 Å². The highest BCUT2D eigenvalue weighted by Crippen LogP contribution is 2.28. The fraction of sp³-hybridized carbons (Fsp3) is 0.407. The molecule has 0 saturated carbocycles. The molecular weight excluding hydrogens is 443 g/mol. The molecule has 1 aromatic carbocycles. The number of fused-ring (bicyclic) bond motifs is 1. The van der Waals surface area contributed by atoms with Crippen molar-refractivity contribution in [2.24, 2.45) is 0 Å². The molecule has 35 heavy (non-hydrogen) atoms. The number of nitrogens with one attached hydrogen (secondary N) is 1. The van der Waals surface area contributed by atoms with Crippen molar-refractivity contribution in [2.75, 3.05) is 6.54 Å². The van der Waals surface area contributed by atoms with Gasteiger partial charge in [0.1, 0.15) is 34.8 Å². The van der Waals surface area contributed by atoms with Gasteiger partial charge in [-0.15, -0.1) is 0 Å². The van der Waals surface area contributed by atoms with E-state index in [4.69, 9.17) is 9.72 Å². The molecule has 4 heterocycles. The van der Waals surface area contributed by atoms with Crippen LogP contribution in [0.1, 0.15) is 49.7 Å². The smallest absolute Gasteiger partial charge is 0.164 e. The van der Waals surface area contributed by atoms with Crippen LogP contribution in [0.5, 0.6) is 5.75 Å². The van der Waals surface area contributed by atoms with Crippen LogP contribution in [-0.2, 0) is 6.54 Å². The van der Waals surface area contributed by atoms with Gasteiger partial charge in [-0.3, -0.25) is 4.98 Å². The quantitative estimate of drug-likeness (QED) is 0.407. The van der Waals surface area contributed by atoms with Crippen LogP contribution in [0.3, 0.4) is 0 Å². The van der Waals surface area contributed by atoms with E-state index >= 15 is 4.39 Å². The molecule has 1 aliphatic rings. The monoisotopic (exact) mass is 474 g/mol. The zero-order valence-corrected chi connectivity index (χ0v) is 20.5. The van der Waals surface area contributed by atoms with Crippen molar-refractivity contribution in [3.05, 3.63) is 65.6 Å². The predicted octanol–water partition coefficient (Wildman–Crippen LogP) is 4.99. The first-order valence-electron chi connectivity index (χ1n) is 12.3. The molecule has 2 atom stereocenters. The molecule has 0 aliphatic carbocycles. The van der Waals surface area contributed by atoms with Crippen molar-refractivity contribution >= 4 is 11.2 Å². The minimum absolute atomic E-state index is 0.107. The molecule has 1 saturated heterocycles. The van der Waals surface area contributed by atoms with Gasteiger partial charge >= 0.3 is 0 Å². The maximum atomic E-state index is 15.3. The SMILES string of the molecule is CCCC1CC(Oc2ccc(Cn3c(-c4cccnc4)nc4c(C)nc(C)nc43)c(F)c2)CCN1. The molecule has 0 spiro atoms. The number of imidazole rings is 1. The minimum atomic E-state index is -0.303. The number of ether oxygens (including phenoxy) is 1. The van der Waals surface area contributed by atoms with E-state index in [2.05, 4.69) is 27.2 Å². The fourth-order valence-corrected chi connectivity index (χ4v) is 4.87. The molecule has 4 aromatic rings. The Hall–Kier alpha value is -3.39. The highest BCUT2D eigenvalue weighted by molar-refractivity contribution is 5.79. The minimum Gasteiger partial charge on any atom is -0.490 e. The van der Waals surface area contributed by atoms with Crippen LogP contribution in [0.25, 0.3) is 22.6 Å². The van der Waals surface area contributed by atoms with Gasteiger partial charge in [-0.05, 0) is 57.9 Å². The predicted molar refractivity (Wildman–Crippen MR) is 134 cm³/mol. The highest BCUT2D eigenvalue weighted by atomic mass is 19.1. The van der Waals surface area contributed by atoms with E-state index in [0.717, 1.165) is 43.5 Å². The Balaban J connectivity index is 1.44. The van der Waals surface area contributed by atoms with Crippen LogP contribution in [0.15, 0.2) is 42.7 Å². The largest absolute Gasteiger partial charge is 0.490 e. The molecule has 0 amide bonds. The van der Waals surface area contributed by atoms with Gasteiger partial charge in [0.15, 0.2) is 5.65 Å². The molecule has 1 aliphatic heterocycles. The van der Waals surface area contributed by atoms with Gasteiger partial charge in [0.25, 0.3) is 0 Å². The summed E-state index contributed by atoms with van der Waals surface area (Å²) in [7, 11) is 0. The van der Waals surface area contributed by atoms with E-state index in [1.54, 1.807) is 18.5 Å². The molecule has 7 nitrogen and oxygen atoms in total. The first-order chi connectivity index (χ1) is 17.0. The molecule has 0 radical (unpaired) electrons. The summed E-state index contributed by atoms with van der Waals surface area (Å²) in [6.45, 7) is 7.18. The number of aromatic nitrogens is 5. The number of pyridine rings is 1. The second kappa shape index (κ2) is 10.1. The lowest BCUT2D eigenvalue weighted by atomic mass is 9.98. The van der Waals surface area contributed by atoms with Gasteiger partial charge in [-0.1, -0.05) is 19.4 Å². The lowest BCUT2D eigenvalue weighted by molar-refractivity contribution is 0.136. The Bertz CT molecular complexity index is 1320. The fourth-order valence-electron chi connectivity index (χ4n) is 4.87. The van der Waals surface area contributed by atoms with Gasteiger partial charge in [-0.25, -0.2) is 19.3 Å². The maximum absolute atomic E-state index is 15.3. The van der Waals surface area contributed by atoms with Crippen LogP contribution < -0.4 is 10.1 Å². The number of aryl methyl sites for hydroxylation is 2. The van der Waals surface area contributed by atoms with Crippen LogP contribution in [0, 0.1) is 19.7 Å². The van der Waals surface area contributed by atoms with Crippen molar-refractivity contribution in [2.45, 2.75) is 65.1 Å². The van der Waals surface area contributed by atoms with E-state index in [-0.39, 0.29) is 18.5 Å².